The normalized spacial score (nSPS) is 22.9. The van der Waals surface area contributed by atoms with Gasteiger partial charge in [-0.2, -0.15) is 0 Å². The van der Waals surface area contributed by atoms with E-state index in [4.69, 9.17) is 14.6 Å². The number of hydrogen-bond acceptors (Lipinski definition) is 5. The number of ether oxygens (including phenoxy) is 2. The molecule has 178 valence electrons. The highest BCUT2D eigenvalue weighted by molar-refractivity contribution is 4.88. The van der Waals surface area contributed by atoms with Gasteiger partial charge in [0, 0.05) is 6.61 Å². The molecule has 0 saturated carbocycles. The maximum atomic E-state index is 10.1. The third-order valence-electron chi connectivity index (χ3n) is 5.96. The first kappa shape index (κ1) is 27.6. The fraction of sp³-hybridized carbons (Fsp3) is 0.920. The van der Waals surface area contributed by atoms with Crippen molar-refractivity contribution in [3.8, 4) is 0 Å². The van der Waals surface area contributed by atoms with Crippen molar-refractivity contribution in [2.45, 2.75) is 128 Å². The first-order valence-corrected chi connectivity index (χ1v) is 12.6. The number of unbranched alkanes of at least 4 members (excludes halogenated alkanes) is 13. The molecule has 0 aliphatic carbocycles. The standard InChI is InChI=1S/C25H48O5/c1-2-3-4-5-6-7-8-9-10-11-12-13-14-15-16-17-18-19-29-23-21-30-25(24(23)28)22(27)20-26/h4-5,22-28H,2-3,6-21H2,1H3/b5-4+/t22-,23+,24-,25-/m1/s1. The number of allylic oxidation sites excluding steroid dienone is 2. The van der Waals surface area contributed by atoms with E-state index in [1.54, 1.807) is 0 Å². The Bertz CT molecular complexity index is 401. The largest absolute Gasteiger partial charge is 0.394 e. The van der Waals surface area contributed by atoms with Crippen molar-refractivity contribution in [3.63, 3.8) is 0 Å². The Balaban J connectivity index is 1.79. The number of aliphatic hydroxyl groups excluding tert-OH is 3. The van der Waals surface area contributed by atoms with Gasteiger partial charge in [-0.15, -0.1) is 0 Å². The zero-order valence-corrected chi connectivity index (χ0v) is 19.4. The number of rotatable bonds is 20. The molecule has 1 aliphatic heterocycles. The summed E-state index contributed by atoms with van der Waals surface area (Å²) in [6, 6.07) is 0. The fourth-order valence-electron chi connectivity index (χ4n) is 3.97. The van der Waals surface area contributed by atoms with Gasteiger partial charge in [-0.05, 0) is 25.7 Å². The predicted molar refractivity (Wildman–Crippen MR) is 123 cm³/mol. The van der Waals surface area contributed by atoms with Crippen LogP contribution < -0.4 is 0 Å². The summed E-state index contributed by atoms with van der Waals surface area (Å²) in [6.07, 6.45) is 21.0. The van der Waals surface area contributed by atoms with Crippen molar-refractivity contribution in [3.05, 3.63) is 12.2 Å². The van der Waals surface area contributed by atoms with Crippen molar-refractivity contribution in [1.29, 1.82) is 0 Å². The van der Waals surface area contributed by atoms with E-state index in [2.05, 4.69) is 19.1 Å². The third-order valence-corrected chi connectivity index (χ3v) is 5.96. The second kappa shape index (κ2) is 19.2. The van der Waals surface area contributed by atoms with E-state index >= 15 is 0 Å². The topological polar surface area (TPSA) is 79.2 Å². The highest BCUT2D eigenvalue weighted by atomic mass is 16.6. The molecule has 5 nitrogen and oxygen atoms in total. The third kappa shape index (κ3) is 13.1. The van der Waals surface area contributed by atoms with Gasteiger partial charge >= 0.3 is 0 Å². The van der Waals surface area contributed by atoms with Gasteiger partial charge in [0.25, 0.3) is 0 Å². The zero-order valence-electron chi connectivity index (χ0n) is 19.4. The Morgan fingerprint density at radius 2 is 1.40 bits per heavy atom. The maximum Gasteiger partial charge on any atom is 0.114 e. The Morgan fingerprint density at radius 1 is 0.867 bits per heavy atom. The monoisotopic (exact) mass is 428 g/mol. The summed E-state index contributed by atoms with van der Waals surface area (Å²) in [6.45, 7) is 2.70. The molecular weight excluding hydrogens is 380 g/mol. The minimum absolute atomic E-state index is 0.277. The average molecular weight is 429 g/mol. The van der Waals surface area contributed by atoms with Crippen LogP contribution in [0.5, 0.6) is 0 Å². The minimum atomic E-state index is -1.05. The van der Waals surface area contributed by atoms with Crippen LogP contribution in [0.15, 0.2) is 12.2 Å². The lowest BCUT2D eigenvalue weighted by molar-refractivity contribution is -0.0730. The Hall–Kier alpha value is -0.460. The number of aliphatic hydroxyl groups is 3. The fourth-order valence-corrected chi connectivity index (χ4v) is 3.97. The van der Waals surface area contributed by atoms with Gasteiger partial charge in [0.2, 0.25) is 0 Å². The molecule has 3 N–H and O–H groups in total. The van der Waals surface area contributed by atoms with E-state index in [1.807, 2.05) is 0 Å². The van der Waals surface area contributed by atoms with Gasteiger partial charge in [-0.25, -0.2) is 0 Å². The molecule has 0 radical (unpaired) electrons. The Kier molecular flexibility index (Phi) is 17.7. The van der Waals surface area contributed by atoms with E-state index in [0.717, 1.165) is 12.8 Å². The average Bonchev–Trinajstić information content (AvgIpc) is 3.12. The van der Waals surface area contributed by atoms with E-state index in [0.29, 0.717) is 6.61 Å². The molecule has 0 aromatic rings. The van der Waals surface area contributed by atoms with Crippen LogP contribution in [0, 0.1) is 0 Å². The lowest BCUT2D eigenvalue weighted by atomic mass is 10.0. The highest BCUT2D eigenvalue weighted by Gasteiger charge is 2.40. The van der Waals surface area contributed by atoms with Gasteiger partial charge < -0.3 is 24.8 Å². The molecule has 5 heteroatoms. The molecule has 0 aromatic carbocycles. The molecule has 1 aliphatic rings. The molecule has 1 heterocycles. The summed E-state index contributed by atoms with van der Waals surface area (Å²) in [7, 11) is 0. The van der Waals surface area contributed by atoms with Crippen molar-refractivity contribution < 1.29 is 24.8 Å². The lowest BCUT2D eigenvalue weighted by Gasteiger charge is -2.20. The SMILES string of the molecule is CCC/C=C/CCCCCCCCCCCCCCO[C@H]1CO[C@H]([C@H](O)CO)[C@@H]1O. The van der Waals surface area contributed by atoms with Gasteiger partial charge in [0.05, 0.1) is 13.2 Å². The quantitative estimate of drug-likeness (QED) is 0.190. The number of hydrogen-bond donors (Lipinski definition) is 3. The highest BCUT2D eigenvalue weighted by Crippen LogP contribution is 2.20. The van der Waals surface area contributed by atoms with Crippen LogP contribution in [0.4, 0.5) is 0 Å². The van der Waals surface area contributed by atoms with Crippen LogP contribution in [-0.2, 0) is 9.47 Å². The van der Waals surface area contributed by atoms with Crippen molar-refractivity contribution >= 4 is 0 Å². The lowest BCUT2D eigenvalue weighted by Crippen LogP contribution is -2.41. The summed E-state index contributed by atoms with van der Waals surface area (Å²) < 4.78 is 11.0. The smallest absolute Gasteiger partial charge is 0.114 e. The Morgan fingerprint density at radius 3 is 1.97 bits per heavy atom. The molecule has 1 fully saturated rings. The predicted octanol–water partition coefficient (Wildman–Crippen LogP) is 4.91. The molecule has 0 spiro atoms. The molecule has 0 unspecified atom stereocenters. The molecule has 0 aromatic heterocycles. The molecular formula is C25H48O5. The van der Waals surface area contributed by atoms with Gasteiger partial charge in [0.15, 0.2) is 0 Å². The van der Waals surface area contributed by atoms with Gasteiger partial charge in [-0.1, -0.05) is 89.7 Å². The summed E-state index contributed by atoms with van der Waals surface area (Å²) in [5.41, 5.74) is 0. The summed E-state index contributed by atoms with van der Waals surface area (Å²) in [4.78, 5) is 0. The van der Waals surface area contributed by atoms with Gasteiger partial charge in [0.1, 0.15) is 24.4 Å². The molecule has 0 amide bonds. The van der Waals surface area contributed by atoms with Crippen LogP contribution in [0.1, 0.15) is 103 Å². The van der Waals surface area contributed by atoms with Crippen LogP contribution in [0.3, 0.4) is 0 Å². The Labute approximate surface area is 184 Å². The van der Waals surface area contributed by atoms with Crippen LogP contribution in [-0.4, -0.2) is 59.6 Å². The molecule has 1 rings (SSSR count). The zero-order chi connectivity index (χ0) is 21.9. The summed E-state index contributed by atoms with van der Waals surface area (Å²) >= 11 is 0. The van der Waals surface area contributed by atoms with Crippen molar-refractivity contribution in [2.75, 3.05) is 19.8 Å². The maximum absolute atomic E-state index is 10.1. The second-order valence-corrected chi connectivity index (χ2v) is 8.74. The molecule has 1 saturated heterocycles. The van der Waals surface area contributed by atoms with Crippen molar-refractivity contribution in [1.82, 2.24) is 0 Å². The first-order chi connectivity index (χ1) is 14.7. The van der Waals surface area contributed by atoms with Crippen LogP contribution in [0.2, 0.25) is 0 Å². The molecule has 30 heavy (non-hydrogen) atoms. The van der Waals surface area contributed by atoms with E-state index in [1.165, 1.54) is 83.5 Å². The molecule has 0 bridgehead atoms. The van der Waals surface area contributed by atoms with Crippen LogP contribution >= 0.6 is 0 Å². The summed E-state index contributed by atoms with van der Waals surface area (Å²) in [5, 5.41) is 28.6. The molecule has 4 atom stereocenters. The van der Waals surface area contributed by atoms with E-state index in [-0.39, 0.29) is 6.61 Å². The van der Waals surface area contributed by atoms with Crippen molar-refractivity contribution in [2.24, 2.45) is 0 Å². The van der Waals surface area contributed by atoms with E-state index < -0.39 is 31.0 Å². The first-order valence-electron chi connectivity index (χ1n) is 12.6. The second-order valence-electron chi connectivity index (χ2n) is 8.74. The summed E-state index contributed by atoms with van der Waals surface area (Å²) in [5.74, 6) is 0. The van der Waals surface area contributed by atoms with E-state index in [9.17, 15) is 10.2 Å². The van der Waals surface area contributed by atoms with Crippen LogP contribution in [0.25, 0.3) is 0 Å². The minimum Gasteiger partial charge on any atom is -0.394 e. The van der Waals surface area contributed by atoms with Gasteiger partial charge in [-0.3, -0.25) is 0 Å².